The van der Waals surface area contributed by atoms with Crippen LogP contribution in [0.4, 0.5) is 4.79 Å². The van der Waals surface area contributed by atoms with Gasteiger partial charge in [-0.25, -0.2) is 9.59 Å². The van der Waals surface area contributed by atoms with E-state index in [1.165, 1.54) is 24.0 Å². The smallest absolute Gasteiger partial charge is 0.418 e. The van der Waals surface area contributed by atoms with Gasteiger partial charge in [-0.2, -0.15) is 0 Å². The molecule has 0 unspecified atom stereocenters. The summed E-state index contributed by atoms with van der Waals surface area (Å²) in [6.07, 6.45) is 1.15. The fourth-order valence-corrected chi connectivity index (χ4v) is 2.89. The molecule has 1 heterocycles. The number of carboxylic acid groups (broad SMARTS) is 1. The molecule has 0 saturated carbocycles. The SMILES string of the molecule is CC(C)c1ccc(COC(=O)n2ccc3cc(OC(C)(C)C(=O)O)ccc32)cc1. The lowest BCUT2D eigenvalue weighted by molar-refractivity contribution is -0.152. The maximum Gasteiger partial charge on any atom is 0.418 e. The minimum Gasteiger partial charge on any atom is -0.478 e. The molecule has 0 radical (unpaired) electrons. The van der Waals surface area contributed by atoms with Gasteiger partial charge in [-0.05, 0) is 55.2 Å². The van der Waals surface area contributed by atoms with Gasteiger partial charge in [0.1, 0.15) is 12.4 Å². The van der Waals surface area contributed by atoms with Gasteiger partial charge in [-0.1, -0.05) is 38.1 Å². The standard InChI is InChI=1S/C23H25NO5/c1-15(2)17-7-5-16(6-8-17)14-28-22(27)24-12-11-18-13-19(9-10-20(18)24)29-23(3,4)21(25)26/h5-13,15H,14H2,1-4H3,(H,25,26). The maximum absolute atomic E-state index is 12.5. The molecule has 0 amide bonds. The Morgan fingerprint density at radius 3 is 2.38 bits per heavy atom. The quantitative estimate of drug-likeness (QED) is 0.621. The summed E-state index contributed by atoms with van der Waals surface area (Å²) in [5, 5.41) is 9.95. The highest BCUT2D eigenvalue weighted by atomic mass is 16.5. The molecule has 3 rings (SSSR count). The highest BCUT2D eigenvalue weighted by Crippen LogP contribution is 2.25. The Bertz CT molecular complexity index is 1030. The zero-order valence-corrected chi connectivity index (χ0v) is 17.0. The van der Waals surface area contributed by atoms with Crippen molar-refractivity contribution in [3.05, 3.63) is 65.9 Å². The molecule has 2 aromatic carbocycles. The third-order valence-electron chi connectivity index (χ3n) is 4.76. The van der Waals surface area contributed by atoms with Crippen LogP contribution in [-0.2, 0) is 16.1 Å². The number of rotatable bonds is 6. The van der Waals surface area contributed by atoms with Gasteiger partial charge in [0.15, 0.2) is 5.60 Å². The summed E-state index contributed by atoms with van der Waals surface area (Å²) in [5.41, 5.74) is 1.47. The predicted molar refractivity (Wildman–Crippen MR) is 110 cm³/mol. The number of hydrogen-bond acceptors (Lipinski definition) is 4. The van der Waals surface area contributed by atoms with E-state index in [0.717, 1.165) is 10.9 Å². The molecule has 6 heteroatoms. The van der Waals surface area contributed by atoms with E-state index in [2.05, 4.69) is 13.8 Å². The van der Waals surface area contributed by atoms with Gasteiger partial charge in [0.05, 0.1) is 5.52 Å². The number of carbonyl (C=O) groups is 2. The number of hydrogen-bond donors (Lipinski definition) is 1. The minimum absolute atomic E-state index is 0.185. The summed E-state index contributed by atoms with van der Waals surface area (Å²) >= 11 is 0. The summed E-state index contributed by atoms with van der Waals surface area (Å²) in [4.78, 5) is 23.7. The second kappa shape index (κ2) is 7.99. The Labute approximate surface area is 169 Å². The van der Waals surface area contributed by atoms with Crippen molar-refractivity contribution >= 4 is 23.0 Å². The van der Waals surface area contributed by atoms with Crippen molar-refractivity contribution in [3.8, 4) is 5.75 Å². The van der Waals surface area contributed by atoms with Crippen LogP contribution in [0.5, 0.6) is 5.75 Å². The van der Waals surface area contributed by atoms with Crippen LogP contribution in [0.2, 0.25) is 0 Å². The molecular weight excluding hydrogens is 370 g/mol. The molecule has 29 heavy (non-hydrogen) atoms. The Balaban J connectivity index is 1.71. The number of ether oxygens (including phenoxy) is 2. The van der Waals surface area contributed by atoms with Crippen molar-refractivity contribution in [2.45, 2.75) is 45.8 Å². The first-order chi connectivity index (χ1) is 13.7. The van der Waals surface area contributed by atoms with Crippen LogP contribution in [-0.4, -0.2) is 27.3 Å². The number of nitrogens with zero attached hydrogens (tertiary/aromatic N) is 1. The van der Waals surface area contributed by atoms with Crippen LogP contribution in [0.1, 0.15) is 44.7 Å². The number of aliphatic carboxylic acids is 1. The third kappa shape index (κ3) is 4.59. The number of aromatic nitrogens is 1. The Kier molecular flexibility index (Phi) is 5.64. The van der Waals surface area contributed by atoms with Gasteiger partial charge in [-0.3, -0.25) is 4.57 Å². The molecular formula is C23H25NO5. The van der Waals surface area contributed by atoms with Gasteiger partial charge in [0.25, 0.3) is 0 Å². The average Bonchev–Trinajstić information content (AvgIpc) is 3.09. The number of carbonyl (C=O) groups excluding carboxylic acids is 1. The van der Waals surface area contributed by atoms with Crippen molar-refractivity contribution in [2.24, 2.45) is 0 Å². The maximum atomic E-state index is 12.5. The van der Waals surface area contributed by atoms with Gasteiger partial charge in [-0.15, -0.1) is 0 Å². The highest BCUT2D eigenvalue weighted by Gasteiger charge is 2.29. The van der Waals surface area contributed by atoms with Crippen LogP contribution >= 0.6 is 0 Å². The molecule has 0 bridgehead atoms. The molecule has 0 saturated heterocycles. The van der Waals surface area contributed by atoms with Crippen LogP contribution in [0.25, 0.3) is 10.9 Å². The Hall–Kier alpha value is -3.28. The zero-order chi connectivity index (χ0) is 21.2. The second-order valence-corrected chi connectivity index (χ2v) is 7.77. The second-order valence-electron chi connectivity index (χ2n) is 7.77. The lowest BCUT2D eigenvalue weighted by atomic mass is 10.0. The molecule has 1 N–H and O–H groups in total. The predicted octanol–water partition coefficient (Wildman–Crippen LogP) is 5.19. The highest BCUT2D eigenvalue weighted by molar-refractivity contribution is 5.90. The molecule has 1 aromatic heterocycles. The van der Waals surface area contributed by atoms with E-state index in [9.17, 15) is 14.7 Å². The minimum atomic E-state index is -1.35. The lowest BCUT2D eigenvalue weighted by Crippen LogP contribution is -2.37. The Morgan fingerprint density at radius 2 is 1.76 bits per heavy atom. The molecule has 0 aliphatic carbocycles. The van der Waals surface area contributed by atoms with Crippen molar-refractivity contribution in [1.82, 2.24) is 4.57 Å². The van der Waals surface area contributed by atoms with Crippen molar-refractivity contribution < 1.29 is 24.2 Å². The zero-order valence-electron chi connectivity index (χ0n) is 17.0. The topological polar surface area (TPSA) is 77.8 Å². The van der Waals surface area contributed by atoms with Gasteiger partial charge >= 0.3 is 12.1 Å². The molecule has 0 aliphatic rings. The number of benzene rings is 2. The molecule has 3 aromatic rings. The molecule has 0 aliphatic heterocycles. The summed E-state index contributed by atoms with van der Waals surface area (Å²) in [7, 11) is 0. The van der Waals surface area contributed by atoms with E-state index in [0.29, 0.717) is 17.2 Å². The van der Waals surface area contributed by atoms with Crippen molar-refractivity contribution in [3.63, 3.8) is 0 Å². The number of fused-ring (bicyclic) bond motifs is 1. The molecule has 152 valence electrons. The van der Waals surface area contributed by atoms with Gasteiger partial charge in [0, 0.05) is 11.6 Å². The van der Waals surface area contributed by atoms with Crippen LogP contribution < -0.4 is 4.74 Å². The summed E-state index contributed by atoms with van der Waals surface area (Å²) in [6.45, 7) is 7.41. The van der Waals surface area contributed by atoms with E-state index in [4.69, 9.17) is 9.47 Å². The summed E-state index contributed by atoms with van der Waals surface area (Å²) in [6, 6.07) is 14.8. The third-order valence-corrected chi connectivity index (χ3v) is 4.76. The van der Waals surface area contributed by atoms with E-state index < -0.39 is 17.7 Å². The molecule has 0 fully saturated rings. The summed E-state index contributed by atoms with van der Waals surface area (Å²) in [5.74, 6) is -0.186. The van der Waals surface area contributed by atoms with Crippen LogP contribution in [0.15, 0.2) is 54.7 Å². The monoisotopic (exact) mass is 395 g/mol. The van der Waals surface area contributed by atoms with E-state index in [1.54, 1.807) is 30.5 Å². The average molecular weight is 395 g/mol. The first-order valence-corrected chi connectivity index (χ1v) is 9.47. The fourth-order valence-electron chi connectivity index (χ4n) is 2.89. The molecule has 6 nitrogen and oxygen atoms in total. The lowest BCUT2D eigenvalue weighted by Gasteiger charge is -2.21. The van der Waals surface area contributed by atoms with Crippen LogP contribution in [0.3, 0.4) is 0 Å². The van der Waals surface area contributed by atoms with E-state index in [1.807, 2.05) is 24.3 Å². The Morgan fingerprint density at radius 1 is 1.07 bits per heavy atom. The normalized spacial score (nSPS) is 11.6. The largest absolute Gasteiger partial charge is 0.478 e. The fraction of sp³-hybridized carbons (Fsp3) is 0.304. The van der Waals surface area contributed by atoms with Crippen LogP contribution in [0, 0.1) is 0 Å². The first-order valence-electron chi connectivity index (χ1n) is 9.47. The van der Waals surface area contributed by atoms with Gasteiger partial charge in [0.2, 0.25) is 0 Å². The van der Waals surface area contributed by atoms with E-state index in [-0.39, 0.29) is 6.61 Å². The summed E-state index contributed by atoms with van der Waals surface area (Å²) < 4.78 is 12.4. The van der Waals surface area contributed by atoms with Gasteiger partial charge < -0.3 is 14.6 Å². The molecule has 0 spiro atoms. The first kappa shape index (κ1) is 20.5. The molecule has 0 atom stereocenters. The van der Waals surface area contributed by atoms with Crippen molar-refractivity contribution in [2.75, 3.05) is 0 Å². The van der Waals surface area contributed by atoms with Crippen molar-refractivity contribution in [1.29, 1.82) is 0 Å². The van der Waals surface area contributed by atoms with E-state index >= 15 is 0 Å². The number of carboxylic acids is 1.